The second-order valence-electron chi connectivity index (χ2n) is 5.91. The number of aryl methyl sites for hydroxylation is 2. The normalized spacial score (nSPS) is 11.9. The van der Waals surface area contributed by atoms with E-state index in [4.69, 9.17) is 32.2 Å². The van der Waals surface area contributed by atoms with Crippen LogP contribution in [0.25, 0.3) is 0 Å². The van der Waals surface area contributed by atoms with Gasteiger partial charge in [0.2, 0.25) is 16.9 Å². The number of aromatic nitrogens is 2. The third kappa shape index (κ3) is 4.06. The highest BCUT2D eigenvalue weighted by atomic mass is 35.5. The second kappa shape index (κ2) is 8.34. The molecule has 146 valence electrons. The Balaban J connectivity index is 2.03. The Bertz CT molecular complexity index is 1060. The molecule has 3 aromatic rings. The Morgan fingerprint density at radius 3 is 2.39 bits per heavy atom. The topological polar surface area (TPSA) is 70.4 Å². The first-order chi connectivity index (χ1) is 13.3. The van der Waals surface area contributed by atoms with Crippen molar-refractivity contribution in [3.05, 3.63) is 74.9 Å². The number of rotatable bonds is 6. The molecule has 9 heteroatoms. The van der Waals surface area contributed by atoms with Gasteiger partial charge in [-0.25, -0.2) is 4.21 Å². The highest BCUT2D eigenvalue weighted by Gasteiger charge is 2.28. The highest BCUT2D eigenvalue weighted by Crippen LogP contribution is 2.30. The van der Waals surface area contributed by atoms with Gasteiger partial charge >= 0.3 is 0 Å². The van der Waals surface area contributed by atoms with Crippen molar-refractivity contribution in [2.24, 2.45) is 0 Å². The van der Waals surface area contributed by atoms with E-state index in [1.807, 2.05) is 19.1 Å². The van der Waals surface area contributed by atoms with Gasteiger partial charge in [0, 0.05) is 10.6 Å². The molecule has 0 radical (unpaired) electrons. The van der Waals surface area contributed by atoms with Crippen LogP contribution in [0.2, 0.25) is 10.0 Å². The van der Waals surface area contributed by atoms with Crippen molar-refractivity contribution in [3.8, 4) is 5.88 Å². The summed E-state index contributed by atoms with van der Waals surface area (Å²) in [5.74, 6) is -0.520. The van der Waals surface area contributed by atoms with Gasteiger partial charge in [0.25, 0.3) is 5.88 Å². The highest BCUT2D eigenvalue weighted by molar-refractivity contribution is 7.80. The number of carbonyl (C=O) groups excluding carboxylic acids is 1. The smallest absolute Gasteiger partial charge is 0.278 e. The number of benzene rings is 2. The van der Waals surface area contributed by atoms with Crippen molar-refractivity contribution < 1.29 is 18.0 Å². The number of carbonyl (C=O) groups is 1. The maximum atomic E-state index is 13.1. The molecule has 0 N–H and O–H groups in total. The molecule has 0 bridgehead atoms. The van der Waals surface area contributed by atoms with E-state index in [2.05, 4.69) is 5.10 Å². The minimum Gasteiger partial charge on any atom is -0.397 e. The fourth-order valence-corrected chi connectivity index (χ4v) is 3.76. The summed E-state index contributed by atoms with van der Waals surface area (Å²) in [5, 5.41) is 4.72. The number of hydrogen-bond donors (Lipinski definition) is 0. The molecule has 2 aromatic carbocycles. The largest absolute Gasteiger partial charge is 0.397 e. The summed E-state index contributed by atoms with van der Waals surface area (Å²) in [4.78, 5) is 19.7. The molecule has 1 aromatic heterocycles. The van der Waals surface area contributed by atoms with E-state index in [1.165, 1.54) is 19.2 Å². The lowest BCUT2D eigenvalue weighted by molar-refractivity contribution is 0.102. The summed E-state index contributed by atoms with van der Waals surface area (Å²) < 4.78 is 18.2. The van der Waals surface area contributed by atoms with Crippen LogP contribution >= 0.6 is 23.2 Å². The number of nitrogens with zero attached hydrogens (tertiary/aromatic N) is 2. The predicted octanol–water partition coefficient (Wildman–Crippen LogP) is 4.20. The summed E-state index contributed by atoms with van der Waals surface area (Å²) in [7, 11) is 1.36. The molecule has 6 nitrogen and oxygen atoms in total. The van der Waals surface area contributed by atoms with Crippen molar-refractivity contribution in [3.63, 3.8) is 0 Å². The van der Waals surface area contributed by atoms with Gasteiger partial charge in [-0.1, -0.05) is 45.7 Å². The van der Waals surface area contributed by atoms with Crippen LogP contribution in [0, 0.1) is 13.8 Å². The summed E-state index contributed by atoms with van der Waals surface area (Å²) in [6, 6.07) is 11.5. The first kappa shape index (κ1) is 20.4. The van der Waals surface area contributed by atoms with Crippen LogP contribution in [-0.4, -0.2) is 27.0 Å². The number of hydrogen-bond acceptors (Lipinski definition) is 5. The zero-order valence-electron chi connectivity index (χ0n) is 15.2. The molecule has 0 saturated carbocycles. The monoisotopic (exact) mass is 438 g/mol. The van der Waals surface area contributed by atoms with E-state index in [0.29, 0.717) is 15.6 Å². The Labute approximate surface area is 174 Å². The molecule has 0 aliphatic carbocycles. The molecule has 1 heterocycles. The maximum Gasteiger partial charge on any atom is 0.278 e. The molecular formula is C19H16Cl2N2O4S. The number of halogens is 2. The van der Waals surface area contributed by atoms with Gasteiger partial charge in [0.05, 0.1) is 15.6 Å². The van der Waals surface area contributed by atoms with E-state index < -0.39 is 16.9 Å². The molecule has 0 aliphatic rings. The molecule has 1 unspecified atom stereocenters. The molecule has 0 spiro atoms. The van der Waals surface area contributed by atoms with Gasteiger partial charge in [-0.3, -0.25) is 4.79 Å². The lowest BCUT2D eigenvalue weighted by Crippen LogP contribution is -2.14. The van der Waals surface area contributed by atoms with Gasteiger partial charge in [-0.15, -0.1) is 5.10 Å². The molecular weight excluding hydrogens is 423 g/mol. The van der Waals surface area contributed by atoms with Gasteiger partial charge in [0.15, 0.2) is 0 Å². The van der Waals surface area contributed by atoms with E-state index in [-0.39, 0.29) is 22.0 Å². The van der Waals surface area contributed by atoms with Gasteiger partial charge in [-0.05, 0) is 44.2 Å². The van der Waals surface area contributed by atoms with Crippen LogP contribution in [0.1, 0.15) is 27.2 Å². The van der Waals surface area contributed by atoms with Crippen LogP contribution < -0.4 is 9.02 Å². The third-order valence-corrected chi connectivity index (χ3v) is 5.45. The summed E-state index contributed by atoms with van der Waals surface area (Å²) in [5.41, 5.74) is 1.68. The Kier molecular flexibility index (Phi) is 6.07. The Morgan fingerprint density at radius 1 is 1.11 bits per heavy atom. The van der Waals surface area contributed by atoms with Crippen LogP contribution in [0.3, 0.4) is 0 Å². The minimum absolute atomic E-state index is 0.0741. The molecule has 28 heavy (non-hydrogen) atoms. The lowest BCUT2D eigenvalue weighted by Gasteiger charge is -2.09. The van der Waals surface area contributed by atoms with Crippen molar-refractivity contribution in [2.75, 3.05) is 7.11 Å². The Morgan fingerprint density at radius 2 is 1.79 bits per heavy atom. The average molecular weight is 439 g/mol. The first-order valence-electron chi connectivity index (χ1n) is 8.12. The fraction of sp³-hybridized carbons (Fsp3) is 0.158. The molecule has 3 rings (SSSR count). The predicted molar refractivity (Wildman–Crippen MR) is 108 cm³/mol. The van der Waals surface area contributed by atoms with E-state index >= 15 is 0 Å². The van der Waals surface area contributed by atoms with Crippen molar-refractivity contribution >= 4 is 40.1 Å². The van der Waals surface area contributed by atoms with Crippen molar-refractivity contribution in [1.82, 2.24) is 9.94 Å². The summed E-state index contributed by atoms with van der Waals surface area (Å²) in [6.07, 6.45) is 0. The summed E-state index contributed by atoms with van der Waals surface area (Å²) >= 11 is 10.2. The van der Waals surface area contributed by atoms with Crippen molar-refractivity contribution in [2.45, 2.75) is 18.7 Å². The third-order valence-electron chi connectivity index (χ3n) is 3.93. The minimum atomic E-state index is -1.88. The molecule has 0 fully saturated rings. The SMILES string of the molecule is COn1nc(C)c(C(=O)c2ccc(Cl)cc2Cl)c1OS(=O)c1ccc(C)cc1. The second-order valence-corrected chi connectivity index (χ2v) is 7.86. The van der Waals surface area contributed by atoms with E-state index in [9.17, 15) is 9.00 Å². The molecule has 0 aliphatic heterocycles. The number of ketones is 1. The first-order valence-corrected chi connectivity index (χ1v) is 9.95. The van der Waals surface area contributed by atoms with Crippen LogP contribution in [0.5, 0.6) is 5.88 Å². The van der Waals surface area contributed by atoms with Crippen LogP contribution in [0.4, 0.5) is 0 Å². The van der Waals surface area contributed by atoms with Crippen LogP contribution in [0.15, 0.2) is 47.4 Å². The van der Waals surface area contributed by atoms with E-state index in [1.54, 1.807) is 25.1 Å². The molecule has 1 atom stereocenters. The molecule has 0 amide bonds. The maximum absolute atomic E-state index is 13.1. The van der Waals surface area contributed by atoms with Crippen molar-refractivity contribution in [1.29, 1.82) is 0 Å². The van der Waals surface area contributed by atoms with Gasteiger partial charge in [-0.2, -0.15) is 0 Å². The zero-order chi connectivity index (χ0) is 20.4. The van der Waals surface area contributed by atoms with Crippen LogP contribution in [-0.2, 0) is 11.1 Å². The lowest BCUT2D eigenvalue weighted by atomic mass is 10.0. The fourth-order valence-electron chi connectivity index (χ4n) is 2.52. The quantitative estimate of drug-likeness (QED) is 0.539. The Hall–Kier alpha value is -2.35. The molecule has 0 saturated heterocycles. The standard InChI is InChI=1S/C19H16Cl2N2O4S/c1-11-4-7-14(8-5-11)28(25)27-19-17(12(2)22-23(19)26-3)18(24)15-9-6-13(20)10-16(15)21/h4-10H,1-3H3. The zero-order valence-corrected chi connectivity index (χ0v) is 17.6. The van der Waals surface area contributed by atoms with E-state index in [0.717, 1.165) is 10.4 Å². The average Bonchev–Trinajstić information content (AvgIpc) is 2.97. The summed E-state index contributed by atoms with van der Waals surface area (Å²) in [6.45, 7) is 3.54. The van der Waals surface area contributed by atoms with Gasteiger partial charge in [0.1, 0.15) is 12.7 Å². The van der Waals surface area contributed by atoms with Gasteiger partial charge < -0.3 is 9.02 Å².